The number of hydrogen-bond donors (Lipinski definition) is 0. The Labute approximate surface area is 194 Å². The molecule has 0 saturated carbocycles. The predicted molar refractivity (Wildman–Crippen MR) is 134 cm³/mol. The second-order valence-corrected chi connectivity index (χ2v) is 17.2. The van der Waals surface area contributed by atoms with Crippen LogP contribution in [-0.4, -0.2) is 67.4 Å². The van der Waals surface area contributed by atoms with Gasteiger partial charge in [0, 0.05) is 32.4 Å². The molecule has 0 atom stereocenters. The van der Waals surface area contributed by atoms with Crippen LogP contribution in [0.3, 0.4) is 0 Å². The van der Waals surface area contributed by atoms with E-state index in [9.17, 15) is 4.79 Å². The van der Waals surface area contributed by atoms with Crippen molar-refractivity contribution in [3.63, 3.8) is 0 Å². The fraction of sp³-hybridized carbons (Fsp3) is 0.957. The van der Waals surface area contributed by atoms with Gasteiger partial charge in [-0.2, -0.15) is 0 Å². The van der Waals surface area contributed by atoms with Gasteiger partial charge in [-0.25, -0.2) is 0 Å². The first kappa shape index (κ1) is 30.7. The van der Waals surface area contributed by atoms with Crippen LogP contribution in [0.25, 0.3) is 0 Å². The fourth-order valence-electron chi connectivity index (χ4n) is 4.80. The highest BCUT2D eigenvalue weighted by Gasteiger charge is 2.48. The van der Waals surface area contributed by atoms with Crippen molar-refractivity contribution < 1.29 is 22.5 Å². The van der Waals surface area contributed by atoms with E-state index in [0.717, 1.165) is 32.1 Å². The zero-order chi connectivity index (χ0) is 24.1. The Morgan fingerprint density at radius 2 is 1.23 bits per heavy atom. The van der Waals surface area contributed by atoms with Crippen LogP contribution in [0, 0.1) is 0 Å². The van der Waals surface area contributed by atoms with Crippen molar-refractivity contribution in [2.45, 2.75) is 105 Å². The van der Waals surface area contributed by atoms with Crippen LogP contribution in [-0.2, 0) is 22.5 Å². The summed E-state index contributed by atoms with van der Waals surface area (Å²) in [7, 11) is -4.77. The second-order valence-electron chi connectivity index (χ2n) is 9.06. The summed E-state index contributed by atoms with van der Waals surface area (Å²) in [6, 6.07) is 0.799. The molecule has 0 amide bonds. The smallest absolute Gasteiger partial charge is 0.500 e. The van der Waals surface area contributed by atoms with Crippen LogP contribution < -0.4 is 0 Å². The Bertz CT molecular complexity index is 450. The molecule has 0 aromatic carbocycles. The predicted octanol–water partition coefficient (Wildman–Crippen LogP) is 5.86. The quantitative estimate of drug-likeness (QED) is 0.231. The SMILES string of the molecule is CCO[Si](CCCN(CC)CCC(=O)O[Si](C(C)C)(C(C)C)C(C)C)(OCC)OCC. The summed E-state index contributed by atoms with van der Waals surface area (Å²) in [6.07, 6.45) is 1.37. The molecule has 0 saturated heterocycles. The van der Waals surface area contributed by atoms with E-state index in [1.54, 1.807) is 0 Å². The van der Waals surface area contributed by atoms with Gasteiger partial charge < -0.3 is 22.6 Å². The van der Waals surface area contributed by atoms with Crippen molar-refractivity contribution in [3.05, 3.63) is 0 Å². The molecule has 0 fully saturated rings. The summed E-state index contributed by atoms with van der Waals surface area (Å²) in [4.78, 5) is 15.1. The third kappa shape index (κ3) is 9.64. The van der Waals surface area contributed by atoms with Crippen LogP contribution in [0.2, 0.25) is 22.7 Å². The topological polar surface area (TPSA) is 57.2 Å². The van der Waals surface area contributed by atoms with Crippen molar-refractivity contribution in [2.75, 3.05) is 39.5 Å². The summed E-state index contributed by atoms with van der Waals surface area (Å²) in [5, 5.41) is 0. The van der Waals surface area contributed by atoms with Crippen LogP contribution in [0.1, 0.15) is 82.1 Å². The Hall–Kier alpha value is -0.256. The van der Waals surface area contributed by atoms with Gasteiger partial charge >= 0.3 is 8.80 Å². The van der Waals surface area contributed by atoms with E-state index >= 15 is 0 Å². The molecule has 186 valence electrons. The Balaban J connectivity index is 4.85. The van der Waals surface area contributed by atoms with Crippen LogP contribution in [0.4, 0.5) is 0 Å². The molecular weight excluding hydrogens is 426 g/mol. The molecular formula is C23H51NO5Si2. The second kappa shape index (κ2) is 15.6. The average molecular weight is 478 g/mol. The molecule has 0 rings (SSSR count). The van der Waals surface area contributed by atoms with Gasteiger partial charge in [0.2, 0.25) is 0 Å². The molecule has 8 heteroatoms. The monoisotopic (exact) mass is 477 g/mol. The highest BCUT2D eigenvalue weighted by molar-refractivity contribution is 6.78. The minimum absolute atomic E-state index is 0.0390. The number of rotatable bonds is 18. The molecule has 0 N–H and O–H groups in total. The first-order valence-electron chi connectivity index (χ1n) is 12.4. The largest absolute Gasteiger partial charge is 0.518 e. The van der Waals surface area contributed by atoms with Crippen molar-refractivity contribution in [1.29, 1.82) is 0 Å². The number of nitrogens with zero attached hydrogens (tertiary/aromatic N) is 1. The summed E-state index contributed by atoms with van der Waals surface area (Å²) >= 11 is 0. The van der Waals surface area contributed by atoms with Gasteiger partial charge in [0.25, 0.3) is 14.3 Å². The maximum Gasteiger partial charge on any atom is 0.500 e. The number of hydrogen-bond acceptors (Lipinski definition) is 6. The van der Waals surface area contributed by atoms with Gasteiger partial charge in [-0.15, -0.1) is 0 Å². The lowest BCUT2D eigenvalue weighted by molar-refractivity contribution is -0.136. The molecule has 0 radical (unpaired) electrons. The van der Waals surface area contributed by atoms with E-state index in [2.05, 4.69) is 53.4 Å². The zero-order valence-electron chi connectivity index (χ0n) is 22.1. The van der Waals surface area contributed by atoms with Crippen molar-refractivity contribution in [2.24, 2.45) is 0 Å². The normalized spacial score (nSPS) is 13.1. The summed E-state index contributed by atoms with van der Waals surface area (Å²) in [5.74, 6) is -0.0390. The standard InChI is InChI=1S/C23H51NO5Si2/c1-11-24(17-15-19-30(26-12-2,27-13-3)28-14-4)18-16-23(25)29-31(20(5)6,21(7)8)22(9)10/h20-22H,11-19H2,1-10H3. The van der Waals surface area contributed by atoms with E-state index in [1.807, 2.05) is 20.8 Å². The minimum Gasteiger partial charge on any atom is -0.518 e. The molecule has 0 aromatic rings. The van der Waals surface area contributed by atoms with Gasteiger partial charge in [-0.05, 0) is 56.9 Å². The highest BCUT2D eigenvalue weighted by Crippen LogP contribution is 2.42. The molecule has 0 aliphatic carbocycles. The van der Waals surface area contributed by atoms with E-state index in [1.165, 1.54) is 0 Å². The van der Waals surface area contributed by atoms with Crippen LogP contribution in [0.5, 0.6) is 0 Å². The highest BCUT2D eigenvalue weighted by atomic mass is 28.4. The minimum atomic E-state index is -2.60. The molecule has 31 heavy (non-hydrogen) atoms. The summed E-state index contributed by atoms with van der Waals surface area (Å²) in [6.45, 7) is 25.7. The lowest BCUT2D eigenvalue weighted by Crippen LogP contribution is -2.49. The van der Waals surface area contributed by atoms with Crippen LogP contribution >= 0.6 is 0 Å². The summed E-state index contributed by atoms with van der Waals surface area (Å²) < 4.78 is 24.1. The lowest BCUT2D eigenvalue weighted by Gasteiger charge is -2.41. The summed E-state index contributed by atoms with van der Waals surface area (Å²) in [5.41, 5.74) is 1.23. The Kier molecular flexibility index (Phi) is 15.4. The van der Waals surface area contributed by atoms with Gasteiger partial charge in [0.15, 0.2) is 0 Å². The molecule has 0 spiro atoms. The fourth-order valence-corrected chi connectivity index (χ4v) is 12.6. The molecule has 0 bridgehead atoms. The lowest BCUT2D eigenvalue weighted by atomic mass is 10.3. The van der Waals surface area contributed by atoms with E-state index in [-0.39, 0.29) is 5.97 Å². The van der Waals surface area contributed by atoms with Crippen LogP contribution in [0.15, 0.2) is 0 Å². The number of carbonyl (C=O) groups excluding carboxylic acids is 1. The van der Waals surface area contributed by atoms with E-state index < -0.39 is 17.1 Å². The number of carbonyl (C=O) groups is 1. The molecule has 0 heterocycles. The van der Waals surface area contributed by atoms with Gasteiger partial charge in [0.05, 0.1) is 6.42 Å². The average Bonchev–Trinajstić information content (AvgIpc) is 2.68. The molecule has 0 aliphatic rings. The van der Waals surface area contributed by atoms with E-state index in [4.69, 9.17) is 17.7 Å². The van der Waals surface area contributed by atoms with Crippen molar-refractivity contribution >= 4 is 23.1 Å². The first-order valence-corrected chi connectivity index (χ1v) is 16.5. The maximum absolute atomic E-state index is 12.8. The third-order valence-corrected chi connectivity index (χ3v) is 15.3. The van der Waals surface area contributed by atoms with Gasteiger partial charge in [-0.3, -0.25) is 4.79 Å². The zero-order valence-corrected chi connectivity index (χ0v) is 24.1. The molecule has 0 aromatic heterocycles. The first-order chi connectivity index (χ1) is 14.5. The molecule has 0 unspecified atom stereocenters. The van der Waals surface area contributed by atoms with Crippen molar-refractivity contribution in [3.8, 4) is 0 Å². The van der Waals surface area contributed by atoms with Crippen molar-refractivity contribution in [1.82, 2.24) is 4.90 Å². The maximum atomic E-state index is 12.8. The molecule has 0 aliphatic heterocycles. The van der Waals surface area contributed by atoms with Gasteiger partial charge in [0.1, 0.15) is 0 Å². The Morgan fingerprint density at radius 3 is 1.58 bits per heavy atom. The molecule has 6 nitrogen and oxygen atoms in total. The third-order valence-electron chi connectivity index (χ3n) is 6.13. The van der Waals surface area contributed by atoms with E-state index in [0.29, 0.717) is 42.9 Å². The van der Waals surface area contributed by atoms with Gasteiger partial charge in [-0.1, -0.05) is 48.5 Å². The Morgan fingerprint density at radius 1 is 0.774 bits per heavy atom.